The van der Waals surface area contributed by atoms with Crippen molar-refractivity contribution >= 4 is 29.9 Å². The van der Waals surface area contributed by atoms with E-state index in [9.17, 15) is 0 Å². The van der Waals surface area contributed by atoms with Crippen molar-refractivity contribution in [2.24, 2.45) is 4.99 Å². The fourth-order valence-electron chi connectivity index (χ4n) is 2.82. The maximum Gasteiger partial charge on any atom is 0.191 e. The minimum absolute atomic E-state index is 0. The third-order valence-corrected chi connectivity index (χ3v) is 4.26. The van der Waals surface area contributed by atoms with Crippen molar-refractivity contribution in [3.63, 3.8) is 0 Å². The Morgan fingerprint density at radius 3 is 2.60 bits per heavy atom. The van der Waals surface area contributed by atoms with Crippen molar-refractivity contribution in [3.05, 3.63) is 47.9 Å². The molecular formula is C22H34IN3O4. The van der Waals surface area contributed by atoms with Crippen LogP contribution in [0.3, 0.4) is 0 Å². The molecule has 0 aliphatic heterocycles. The van der Waals surface area contributed by atoms with E-state index in [-0.39, 0.29) is 24.0 Å². The fourth-order valence-corrected chi connectivity index (χ4v) is 2.82. The summed E-state index contributed by atoms with van der Waals surface area (Å²) >= 11 is 0. The fraction of sp³-hybridized carbons (Fsp3) is 0.500. The molecule has 2 N–H and O–H groups in total. The van der Waals surface area contributed by atoms with Crippen LogP contribution in [0.25, 0.3) is 0 Å². The van der Waals surface area contributed by atoms with Crippen LogP contribution in [-0.4, -0.2) is 53.0 Å². The lowest BCUT2D eigenvalue weighted by molar-refractivity contribution is 0.203. The van der Waals surface area contributed by atoms with E-state index in [0.29, 0.717) is 19.8 Å². The maximum atomic E-state index is 5.65. The number of benzene rings is 1. The number of halogens is 1. The van der Waals surface area contributed by atoms with Gasteiger partial charge in [-0.1, -0.05) is 6.07 Å². The van der Waals surface area contributed by atoms with Gasteiger partial charge in [-0.05, 0) is 49.6 Å². The second-order valence-electron chi connectivity index (χ2n) is 6.43. The minimum atomic E-state index is 0. The number of hydrogen-bond acceptors (Lipinski definition) is 5. The number of methoxy groups -OCH3 is 2. The number of rotatable bonds is 13. The normalized spacial score (nSPS) is 11.0. The second kappa shape index (κ2) is 15.8. The highest BCUT2D eigenvalue weighted by atomic mass is 127. The molecule has 1 aromatic carbocycles. The van der Waals surface area contributed by atoms with Crippen molar-refractivity contribution in [3.8, 4) is 11.5 Å². The van der Waals surface area contributed by atoms with Crippen LogP contribution in [0.1, 0.15) is 24.7 Å². The highest BCUT2D eigenvalue weighted by Gasteiger charge is 2.05. The zero-order valence-electron chi connectivity index (χ0n) is 18.1. The summed E-state index contributed by atoms with van der Waals surface area (Å²) in [4.78, 5) is 4.67. The first-order valence-electron chi connectivity index (χ1n) is 10.1. The first kappa shape index (κ1) is 26.1. The molecule has 0 spiro atoms. The smallest absolute Gasteiger partial charge is 0.191 e. The molecule has 8 heteroatoms. The van der Waals surface area contributed by atoms with E-state index in [2.05, 4.69) is 21.7 Å². The predicted molar refractivity (Wildman–Crippen MR) is 130 cm³/mol. The molecule has 7 nitrogen and oxygen atoms in total. The number of nitrogens with one attached hydrogen (secondary N) is 2. The Kier molecular flexibility index (Phi) is 13.8. The Bertz CT molecular complexity index is 723. The Hall–Kier alpha value is -1.94. The molecule has 1 heterocycles. The molecule has 0 unspecified atom stereocenters. The van der Waals surface area contributed by atoms with E-state index in [1.54, 1.807) is 20.5 Å². The zero-order chi connectivity index (χ0) is 20.7. The number of aryl methyl sites for hydroxylation is 1. The van der Waals surface area contributed by atoms with E-state index in [1.165, 1.54) is 5.56 Å². The van der Waals surface area contributed by atoms with Crippen LogP contribution < -0.4 is 20.1 Å². The maximum absolute atomic E-state index is 5.65. The van der Waals surface area contributed by atoms with Crippen LogP contribution in [0.2, 0.25) is 0 Å². The van der Waals surface area contributed by atoms with Crippen molar-refractivity contribution in [2.75, 3.05) is 47.1 Å². The van der Waals surface area contributed by atoms with Gasteiger partial charge in [0.25, 0.3) is 0 Å². The molecule has 0 saturated carbocycles. The van der Waals surface area contributed by atoms with Gasteiger partial charge in [-0.2, -0.15) is 0 Å². The molecule has 0 saturated heterocycles. The van der Waals surface area contributed by atoms with Gasteiger partial charge in [0.2, 0.25) is 0 Å². The van der Waals surface area contributed by atoms with Crippen LogP contribution in [0.5, 0.6) is 11.5 Å². The van der Waals surface area contributed by atoms with Gasteiger partial charge in [0.15, 0.2) is 17.5 Å². The molecule has 2 aromatic rings. The summed E-state index contributed by atoms with van der Waals surface area (Å²) in [5.41, 5.74) is 1.21. The number of hydrogen-bond donors (Lipinski definition) is 2. The van der Waals surface area contributed by atoms with E-state index >= 15 is 0 Å². The molecule has 0 aliphatic rings. The van der Waals surface area contributed by atoms with E-state index in [4.69, 9.17) is 18.6 Å². The minimum Gasteiger partial charge on any atom is -0.493 e. The van der Waals surface area contributed by atoms with Crippen LogP contribution in [0.4, 0.5) is 0 Å². The second-order valence-corrected chi connectivity index (χ2v) is 6.43. The number of guanidine groups is 1. The summed E-state index contributed by atoms with van der Waals surface area (Å²) in [6.07, 6.45) is 4.36. The Balaban J connectivity index is 0.00000450. The van der Waals surface area contributed by atoms with Gasteiger partial charge >= 0.3 is 0 Å². The molecule has 30 heavy (non-hydrogen) atoms. The predicted octanol–water partition coefficient (Wildman–Crippen LogP) is 3.66. The number of ether oxygens (including phenoxy) is 3. The first-order valence-corrected chi connectivity index (χ1v) is 10.1. The van der Waals surface area contributed by atoms with Crippen molar-refractivity contribution < 1.29 is 18.6 Å². The van der Waals surface area contributed by atoms with E-state index in [1.807, 2.05) is 31.2 Å². The Morgan fingerprint density at radius 2 is 1.90 bits per heavy atom. The van der Waals surface area contributed by atoms with Crippen LogP contribution in [0.15, 0.2) is 46.0 Å². The molecule has 0 fully saturated rings. The van der Waals surface area contributed by atoms with E-state index < -0.39 is 0 Å². The summed E-state index contributed by atoms with van der Waals surface area (Å²) in [6.45, 7) is 5.40. The van der Waals surface area contributed by atoms with Gasteiger partial charge in [0.05, 0.1) is 26.6 Å². The topological polar surface area (TPSA) is 77.2 Å². The third kappa shape index (κ3) is 9.71. The van der Waals surface area contributed by atoms with E-state index in [0.717, 1.165) is 55.6 Å². The number of aliphatic imine (C=N–C) groups is 1. The number of furan rings is 1. The van der Waals surface area contributed by atoms with Crippen LogP contribution in [0, 0.1) is 0 Å². The molecule has 0 radical (unpaired) electrons. The average Bonchev–Trinajstić information content (AvgIpc) is 3.25. The van der Waals surface area contributed by atoms with Gasteiger partial charge < -0.3 is 29.3 Å². The van der Waals surface area contributed by atoms with Crippen molar-refractivity contribution in [2.45, 2.75) is 26.2 Å². The molecule has 1 aromatic heterocycles. The largest absolute Gasteiger partial charge is 0.493 e. The SMILES string of the molecule is CCOc1cc(CCCN=C(NCCOC)NCCc2ccco2)ccc1OC.I. The van der Waals surface area contributed by atoms with Crippen LogP contribution in [-0.2, 0) is 17.6 Å². The average molecular weight is 531 g/mol. The Labute approximate surface area is 196 Å². The molecule has 0 amide bonds. The molecule has 0 aliphatic carbocycles. The third-order valence-electron chi connectivity index (χ3n) is 4.26. The summed E-state index contributed by atoms with van der Waals surface area (Å²) in [5, 5.41) is 6.63. The molecule has 168 valence electrons. The monoisotopic (exact) mass is 531 g/mol. The molecule has 0 atom stereocenters. The van der Waals surface area contributed by atoms with Gasteiger partial charge in [-0.25, -0.2) is 0 Å². The van der Waals surface area contributed by atoms with Gasteiger partial charge in [-0.15, -0.1) is 24.0 Å². The van der Waals surface area contributed by atoms with Gasteiger partial charge in [0, 0.05) is 33.2 Å². The highest BCUT2D eigenvalue weighted by molar-refractivity contribution is 14.0. The summed E-state index contributed by atoms with van der Waals surface area (Å²) in [6, 6.07) is 9.95. The standard InChI is InChI=1S/C22H33N3O4.HI/c1-4-28-21-17-18(9-10-20(21)27-3)7-5-12-23-22(25-14-16-26-2)24-13-11-19-8-6-15-29-19;/h6,8-10,15,17H,4-5,7,11-14,16H2,1-3H3,(H2,23,24,25);1H. The Morgan fingerprint density at radius 1 is 1.07 bits per heavy atom. The quantitative estimate of drug-likeness (QED) is 0.178. The highest BCUT2D eigenvalue weighted by Crippen LogP contribution is 2.28. The zero-order valence-corrected chi connectivity index (χ0v) is 20.4. The van der Waals surface area contributed by atoms with Crippen molar-refractivity contribution in [1.29, 1.82) is 0 Å². The first-order chi connectivity index (χ1) is 14.3. The van der Waals surface area contributed by atoms with Gasteiger partial charge in [0.1, 0.15) is 5.76 Å². The summed E-state index contributed by atoms with van der Waals surface area (Å²) in [7, 11) is 3.34. The molecule has 2 rings (SSSR count). The lowest BCUT2D eigenvalue weighted by Crippen LogP contribution is -2.40. The van der Waals surface area contributed by atoms with Gasteiger partial charge in [-0.3, -0.25) is 4.99 Å². The molecular weight excluding hydrogens is 497 g/mol. The van der Waals surface area contributed by atoms with Crippen molar-refractivity contribution in [1.82, 2.24) is 10.6 Å². The summed E-state index contributed by atoms with van der Waals surface area (Å²) in [5.74, 6) is 3.30. The van der Waals surface area contributed by atoms with Crippen LogP contribution >= 0.6 is 24.0 Å². The number of nitrogens with zero attached hydrogens (tertiary/aromatic N) is 1. The molecule has 0 bridgehead atoms. The summed E-state index contributed by atoms with van der Waals surface area (Å²) < 4.78 is 21.5. The lowest BCUT2D eigenvalue weighted by Gasteiger charge is -2.12. The lowest BCUT2D eigenvalue weighted by atomic mass is 10.1.